The Morgan fingerprint density at radius 1 is 1.10 bits per heavy atom. The highest BCUT2D eigenvalue weighted by Gasteiger charge is 2.37. The van der Waals surface area contributed by atoms with Gasteiger partial charge in [0.15, 0.2) is 0 Å². The normalized spacial score (nSPS) is 27.3. The molecule has 2 unspecified atom stereocenters. The minimum absolute atomic E-state index is 0.241. The topological polar surface area (TPSA) is 57.6 Å². The molecule has 1 aromatic rings. The van der Waals surface area contributed by atoms with Crippen LogP contribution in [0.2, 0.25) is 0 Å². The Bertz CT molecular complexity index is 599. The van der Waals surface area contributed by atoms with Crippen molar-refractivity contribution in [3.63, 3.8) is 0 Å². The van der Waals surface area contributed by atoms with Crippen LogP contribution in [0.15, 0.2) is 29.2 Å². The Labute approximate surface area is 126 Å². The monoisotopic (exact) mass is 309 g/mol. The lowest BCUT2D eigenvalue weighted by Gasteiger charge is -2.40. The molecule has 2 atom stereocenters. The maximum Gasteiger partial charge on any atom is 0.243 e. The molecule has 116 valence electrons. The van der Waals surface area contributed by atoms with Gasteiger partial charge in [-0.2, -0.15) is 4.31 Å². The molecule has 1 N–H and O–H groups in total. The van der Waals surface area contributed by atoms with Crippen molar-refractivity contribution >= 4 is 10.0 Å². The van der Waals surface area contributed by atoms with Crippen LogP contribution in [0.1, 0.15) is 37.7 Å². The van der Waals surface area contributed by atoms with E-state index in [1.165, 1.54) is 19.3 Å². The van der Waals surface area contributed by atoms with E-state index in [0.717, 1.165) is 12.8 Å². The van der Waals surface area contributed by atoms with E-state index in [4.69, 9.17) is 0 Å². The number of nitrogens with zero attached hydrogens (tertiary/aromatic N) is 1. The summed E-state index contributed by atoms with van der Waals surface area (Å²) in [5, 5.41) is 9.38. The largest absolute Gasteiger partial charge is 0.392 e. The molecule has 1 aromatic carbocycles. The molecule has 2 aliphatic rings. The first-order chi connectivity index (χ1) is 10.1. The highest BCUT2D eigenvalue weighted by molar-refractivity contribution is 7.89. The summed E-state index contributed by atoms with van der Waals surface area (Å²) >= 11 is 0. The summed E-state index contributed by atoms with van der Waals surface area (Å²) in [6.07, 6.45) is 5.90. The van der Waals surface area contributed by atoms with E-state index in [0.29, 0.717) is 30.5 Å². The van der Waals surface area contributed by atoms with Crippen LogP contribution < -0.4 is 0 Å². The van der Waals surface area contributed by atoms with E-state index in [1.807, 2.05) is 0 Å². The number of sulfonamides is 1. The Morgan fingerprint density at radius 3 is 2.57 bits per heavy atom. The Hall–Kier alpha value is -0.910. The molecule has 1 aliphatic heterocycles. The summed E-state index contributed by atoms with van der Waals surface area (Å²) in [4.78, 5) is 0.266. The lowest BCUT2D eigenvalue weighted by Crippen LogP contribution is -2.44. The van der Waals surface area contributed by atoms with E-state index >= 15 is 0 Å². The molecule has 0 aromatic heterocycles. The SMILES string of the molecule is O=S(=O)(c1ccccc1CO)N1CCC2CCCCC2C1. The molecule has 3 rings (SSSR count). The van der Waals surface area contributed by atoms with E-state index in [-0.39, 0.29) is 11.5 Å². The van der Waals surface area contributed by atoms with Gasteiger partial charge in [0.2, 0.25) is 10.0 Å². The summed E-state index contributed by atoms with van der Waals surface area (Å²) in [6, 6.07) is 6.77. The van der Waals surface area contributed by atoms with Crippen molar-refractivity contribution in [1.29, 1.82) is 0 Å². The van der Waals surface area contributed by atoms with Crippen molar-refractivity contribution in [2.24, 2.45) is 11.8 Å². The maximum atomic E-state index is 12.9. The van der Waals surface area contributed by atoms with Crippen molar-refractivity contribution in [2.75, 3.05) is 13.1 Å². The average Bonchev–Trinajstić information content (AvgIpc) is 2.54. The van der Waals surface area contributed by atoms with Crippen LogP contribution >= 0.6 is 0 Å². The molecule has 4 nitrogen and oxygen atoms in total. The number of fused-ring (bicyclic) bond motifs is 1. The third-order valence-corrected chi connectivity index (χ3v) is 6.98. The average molecular weight is 309 g/mol. The van der Waals surface area contributed by atoms with Gasteiger partial charge in [0.05, 0.1) is 11.5 Å². The number of rotatable bonds is 3. The van der Waals surface area contributed by atoms with Gasteiger partial charge in [0.25, 0.3) is 0 Å². The summed E-state index contributed by atoms with van der Waals surface area (Å²) in [5.74, 6) is 1.22. The smallest absolute Gasteiger partial charge is 0.243 e. The van der Waals surface area contributed by atoms with Gasteiger partial charge in [-0.1, -0.05) is 37.5 Å². The summed E-state index contributed by atoms with van der Waals surface area (Å²) < 4.78 is 27.3. The first-order valence-electron chi connectivity index (χ1n) is 7.82. The van der Waals surface area contributed by atoms with Crippen LogP contribution in [0.4, 0.5) is 0 Å². The lowest BCUT2D eigenvalue weighted by atomic mass is 9.76. The molecule has 21 heavy (non-hydrogen) atoms. The van der Waals surface area contributed by atoms with Gasteiger partial charge < -0.3 is 5.11 Å². The van der Waals surface area contributed by atoms with Crippen molar-refractivity contribution in [2.45, 2.75) is 43.6 Å². The molecule has 1 saturated heterocycles. The fraction of sp³-hybridized carbons (Fsp3) is 0.625. The molecule has 2 fully saturated rings. The third kappa shape index (κ3) is 2.87. The second-order valence-corrected chi connectivity index (χ2v) is 8.13. The van der Waals surface area contributed by atoms with Crippen LogP contribution in [0.3, 0.4) is 0 Å². The molecular formula is C16H23NO3S. The van der Waals surface area contributed by atoms with Crippen molar-refractivity contribution in [3.8, 4) is 0 Å². The summed E-state index contributed by atoms with van der Waals surface area (Å²) in [7, 11) is -3.48. The van der Waals surface area contributed by atoms with Crippen molar-refractivity contribution < 1.29 is 13.5 Å². The summed E-state index contributed by atoms with van der Waals surface area (Å²) in [6.45, 7) is 1.02. The van der Waals surface area contributed by atoms with E-state index in [9.17, 15) is 13.5 Å². The van der Waals surface area contributed by atoms with Crippen LogP contribution in [0.5, 0.6) is 0 Å². The zero-order valence-electron chi connectivity index (χ0n) is 12.2. The molecule has 0 bridgehead atoms. The standard InChI is InChI=1S/C16H23NO3S/c18-12-15-7-3-4-8-16(15)21(19,20)17-10-9-13-5-1-2-6-14(13)11-17/h3-4,7-8,13-14,18H,1-2,5-6,9-12H2. The second-order valence-electron chi connectivity index (χ2n) is 6.22. The van der Waals surface area contributed by atoms with Gasteiger partial charge in [-0.3, -0.25) is 0 Å². The molecule has 0 radical (unpaired) electrons. The number of piperidine rings is 1. The summed E-state index contributed by atoms with van der Waals surface area (Å²) in [5.41, 5.74) is 0.489. The number of hydrogen-bond donors (Lipinski definition) is 1. The number of benzene rings is 1. The molecule has 0 spiro atoms. The lowest BCUT2D eigenvalue weighted by molar-refractivity contribution is 0.136. The van der Waals surface area contributed by atoms with Gasteiger partial charge in [-0.25, -0.2) is 8.42 Å². The third-order valence-electron chi connectivity index (χ3n) is 5.01. The van der Waals surface area contributed by atoms with Crippen LogP contribution in [-0.4, -0.2) is 30.9 Å². The van der Waals surface area contributed by atoms with E-state index in [2.05, 4.69) is 0 Å². The highest BCUT2D eigenvalue weighted by atomic mass is 32.2. The molecule has 5 heteroatoms. The van der Waals surface area contributed by atoms with Crippen molar-refractivity contribution in [3.05, 3.63) is 29.8 Å². The fourth-order valence-corrected chi connectivity index (χ4v) is 5.54. The Morgan fingerprint density at radius 2 is 1.81 bits per heavy atom. The Kier molecular flexibility index (Phi) is 4.33. The number of hydrogen-bond acceptors (Lipinski definition) is 3. The molecular weight excluding hydrogens is 286 g/mol. The van der Waals surface area contributed by atoms with Crippen LogP contribution in [0, 0.1) is 11.8 Å². The van der Waals surface area contributed by atoms with Crippen LogP contribution in [-0.2, 0) is 16.6 Å². The number of aliphatic hydroxyl groups excluding tert-OH is 1. The zero-order chi connectivity index (χ0) is 14.9. The maximum absolute atomic E-state index is 12.9. The quantitative estimate of drug-likeness (QED) is 0.932. The van der Waals surface area contributed by atoms with Gasteiger partial charge in [0, 0.05) is 13.1 Å². The minimum Gasteiger partial charge on any atom is -0.392 e. The Balaban J connectivity index is 1.85. The second kappa shape index (κ2) is 6.07. The predicted octanol–water partition coefficient (Wildman–Crippen LogP) is 2.38. The predicted molar refractivity (Wildman–Crippen MR) is 81.2 cm³/mol. The molecule has 1 aliphatic carbocycles. The van der Waals surface area contributed by atoms with Gasteiger partial charge in [0.1, 0.15) is 0 Å². The number of aliphatic hydroxyl groups is 1. The van der Waals surface area contributed by atoms with Crippen LogP contribution in [0.25, 0.3) is 0 Å². The van der Waals surface area contributed by atoms with Gasteiger partial charge in [-0.15, -0.1) is 0 Å². The van der Waals surface area contributed by atoms with E-state index in [1.54, 1.807) is 28.6 Å². The first kappa shape index (κ1) is 15.0. The minimum atomic E-state index is -3.48. The highest BCUT2D eigenvalue weighted by Crippen LogP contribution is 2.37. The van der Waals surface area contributed by atoms with Gasteiger partial charge >= 0.3 is 0 Å². The zero-order valence-corrected chi connectivity index (χ0v) is 13.1. The van der Waals surface area contributed by atoms with Gasteiger partial charge in [-0.05, 0) is 36.3 Å². The fourth-order valence-electron chi connectivity index (χ4n) is 3.81. The van der Waals surface area contributed by atoms with Crippen molar-refractivity contribution in [1.82, 2.24) is 4.31 Å². The molecule has 1 heterocycles. The first-order valence-corrected chi connectivity index (χ1v) is 9.26. The molecule has 0 amide bonds. The van der Waals surface area contributed by atoms with E-state index < -0.39 is 10.0 Å². The molecule has 1 saturated carbocycles.